The lowest BCUT2D eigenvalue weighted by Crippen LogP contribution is -2.20. The van der Waals surface area contributed by atoms with E-state index in [0.717, 1.165) is 22.7 Å². The Labute approximate surface area is 151 Å². The van der Waals surface area contributed by atoms with Gasteiger partial charge in [0.25, 0.3) is 5.56 Å². The quantitative estimate of drug-likeness (QED) is 0.704. The molecular formula is C20H20ClN3O. The molecule has 0 saturated carbocycles. The number of hydrogen-bond donors (Lipinski definition) is 2. The first kappa shape index (κ1) is 17.2. The van der Waals surface area contributed by atoms with E-state index in [9.17, 15) is 4.79 Å². The highest BCUT2D eigenvalue weighted by atomic mass is 35.5. The third kappa shape index (κ3) is 4.70. The van der Waals surface area contributed by atoms with Crippen molar-refractivity contribution in [2.75, 3.05) is 11.9 Å². The van der Waals surface area contributed by atoms with Gasteiger partial charge in [-0.3, -0.25) is 9.78 Å². The minimum atomic E-state index is -0.0923. The number of halogens is 1. The van der Waals surface area contributed by atoms with Crippen molar-refractivity contribution < 1.29 is 0 Å². The molecule has 2 aromatic carbocycles. The van der Waals surface area contributed by atoms with E-state index < -0.39 is 0 Å². The fraction of sp³-hybridized carbons (Fsp3) is 0.200. The van der Waals surface area contributed by atoms with Crippen LogP contribution >= 0.6 is 11.6 Å². The van der Waals surface area contributed by atoms with E-state index in [4.69, 9.17) is 11.6 Å². The Hall–Kier alpha value is -2.59. The van der Waals surface area contributed by atoms with Crippen LogP contribution in [0, 0.1) is 6.92 Å². The maximum absolute atomic E-state index is 12.4. The van der Waals surface area contributed by atoms with E-state index in [0.29, 0.717) is 24.5 Å². The van der Waals surface area contributed by atoms with Crippen molar-refractivity contribution in [1.82, 2.24) is 9.97 Å². The van der Waals surface area contributed by atoms with Gasteiger partial charge in [-0.25, -0.2) is 4.98 Å². The van der Waals surface area contributed by atoms with Gasteiger partial charge in [0, 0.05) is 23.6 Å². The Morgan fingerprint density at radius 1 is 1.04 bits per heavy atom. The molecule has 4 nitrogen and oxygen atoms in total. The number of aryl methyl sites for hydroxylation is 1. The topological polar surface area (TPSA) is 57.8 Å². The molecule has 3 aromatic rings. The van der Waals surface area contributed by atoms with Gasteiger partial charge in [-0.1, -0.05) is 54.1 Å². The number of rotatable bonds is 6. The summed E-state index contributed by atoms with van der Waals surface area (Å²) in [5.74, 6) is 0.508. The standard InChI is InChI=1S/C20H20ClN3O/c1-14-18(13-16-5-3-2-4-6-16)19(25)24-20(23-14)22-12-11-15-7-9-17(21)10-8-15/h2-10H,11-13H2,1H3,(H2,22,23,24,25). The lowest BCUT2D eigenvalue weighted by molar-refractivity contribution is 0.938. The SMILES string of the molecule is Cc1nc(NCCc2ccc(Cl)cc2)[nH]c(=O)c1Cc1ccccc1. The number of benzene rings is 2. The van der Waals surface area contributed by atoms with Gasteiger partial charge in [0.15, 0.2) is 0 Å². The zero-order valence-corrected chi connectivity index (χ0v) is 14.8. The second-order valence-electron chi connectivity index (χ2n) is 5.94. The molecule has 0 radical (unpaired) electrons. The number of hydrogen-bond acceptors (Lipinski definition) is 3. The van der Waals surface area contributed by atoms with Crippen molar-refractivity contribution in [3.63, 3.8) is 0 Å². The smallest absolute Gasteiger partial charge is 0.256 e. The van der Waals surface area contributed by atoms with Gasteiger partial charge in [0.05, 0.1) is 5.69 Å². The zero-order valence-electron chi connectivity index (χ0n) is 14.1. The third-order valence-corrected chi connectivity index (χ3v) is 4.32. The van der Waals surface area contributed by atoms with Crippen molar-refractivity contribution in [2.45, 2.75) is 19.8 Å². The zero-order chi connectivity index (χ0) is 17.6. The molecule has 0 saturated heterocycles. The van der Waals surface area contributed by atoms with Crippen LogP contribution in [0.5, 0.6) is 0 Å². The Bertz CT molecular complexity index is 889. The largest absolute Gasteiger partial charge is 0.355 e. The Morgan fingerprint density at radius 3 is 2.44 bits per heavy atom. The number of aromatic nitrogens is 2. The van der Waals surface area contributed by atoms with Crippen molar-refractivity contribution in [1.29, 1.82) is 0 Å². The average Bonchev–Trinajstić information content (AvgIpc) is 2.61. The highest BCUT2D eigenvalue weighted by Gasteiger charge is 2.09. The fourth-order valence-corrected chi connectivity index (χ4v) is 2.80. The lowest BCUT2D eigenvalue weighted by atomic mass is 10.1. The molecule has 1 aromatic heterocycles. The normalized spacial score (nSPS) is 10.6. The molecule has 3 rings (SSSR count). The number of nitrogens with one attached hydrogen (secondary N) is 2. The summed E-state index contributed by atoms with van der Waals surface area (Å²) in [5, 5.41) is 3.91. The van der Waals surface area contributed by atoms with Crippen LogP contribution in [0.1, 0.15) is 22.4 Å². The highest BCUT2D eigenvalue weighted by molar-refractivity contribution is 6.30. The van der Waals surface area contributed by atoms with Crippen LogP contribution in [0.15, 0.2) is 59.4 Å². The first-order valence-corrected chi connectivity index (χ1v) is 8.61. The third-order valence-electron chi connectivity index (χ3n) is 4.07. The van der Waals surface area contributed by atoms with Crippen LogP contribution in [-0.2, 0) is 12.8 Å². The summed E-state index contributed by atoms with van der Waals surface area (Å²) in [6, 6.07) is 17.7. The molecule has 0 aliphatic carbocycles. The van der Waals surface area contributed by atoms with Crippen LogP contribution in [0.4, 0.5) is 5.95 Å². The van der Waals surface area contributed by atoms with Gasteiger partial charge in [-0.2, -0.15) is 0 Å². The second-order valence-corrected chi connectivity index (χ2v) is 6.38. The molecule has 0 aliphatic heterocycles. The van der Waals surface area contributed by atoms with E-state index in [2.05, 4.69) is 15.3 Å². The van der Waals surface area contributed by atoms with Gasteiger partial charge in [0.1, 0.15) is 0 Å². The van der Waals surface area contributed by atoms with E-state index in [1.54, 1.807) is 0 Å². The van der Waals surface area contributed by atoms with Crippen LogP contribution in [-0.4, -0.2) is 16.5 Å². The summed E-state index contributed by atoms with van der Waals surface area (Å²) in [6.45, 7) is 2.56. The molecule has 0 atom stereocenters. The van der Waals surface area contributed by atoms with E-state index >= 15 is 0 Å². The molecule has 0 bridgehead atoms. The minimum absolute atomic E-state index is 0.0923. The predicted octanol–water partition coefficient (Wildman–Crippen LogP) is 3.98. The minimum Gasteiger partial charge on any atom is -0.355 e. The number of nitrogens with zero attached hydrogens (tertiary/aromatic N) is 1. The molecule has 0 fully saturated rings. The maximum Gasteiger partial charge on any atom is 0.256 e. The summed E-state index contributed by atoms with van der Waals surface area (Å²) in [6.07, 6.45) is 1.41. The van der Waals surface area contributed by atoms with Crippen molar-refractivity contribution in [3.8, 4) is 0 Å². The molecule has 2 N–H and O–H groups in total. The fourth-order valence-electron chi connectivity index (χ4n) is 2.68. The van der Waals surface area contributed by atoms with Gasteiger partial charge >= 0.3 is 0 Å². The van der Waals surface area contributed by atoms with Gasteiger partial charge < -0.3 is 5.32 Å². The Balaban J connectivity index is 1.65. The summed E-state index contributed by atoms with van der Waals surface area (Å²) in [4.78, 5) is 19.7. The summed E-state index contributed by atoms with van der Waals surface area (Å²) in [7, 11) is 0. The van der Waals surface area contributed by atoms with Crippen LogP contribution in [0.2, 0.25) is 5.02 Å². The monoisotopic (exact) mass is 353 g/mol. The number of aromatic amines is 1. The molecule has 0 spiro atoms. The first-order valence-electron chi connectivity index (χ1n) is 8.24. The van der Waals surface area contributed by atoms with Crippen molar-refractivity contribution >= 4 is 17.5 Å². The van der Waals surface area contributed by atoms with Crippen LogP contribution in [0.25, 0.3) is 0 Å². The van der Waals surface area contributed by atoms with Gasteiger partial charge in [-0.15, -0.1) is 0 Å². The number of anilines is 1. The average molecular weight is 354 g/mol. The molecule has 128 valence electrons. The molecule has 25 heavy (non-hydrogen) atoms. The van der Waals surface area contributed by atoms with Gasteiger partial charge in [0.2, 0.25) is 5.95 Å². The Morgan fingerprint density at radius 2 is 1.76 bits per heavy atom. The number of H-pyrrole nitrogens is 1. The molecule has 1 heterocycles. The molecule has 0 amide bonds. The summed E-state index contributed by atoms with van der Waals surface area (Å²) in [5.41, 5.74) is 3.64. The predicted molar refractivity (Wildman–Crippen MR) is 102 cm³/mol. The highest BCUT2D eigenvalue weighted by Crippen LogP contribution is 2.11. The van der Waals surface area contributed by atoms with Crippen LogP contribution in [0.3, 0.4) is 0 Å². The van der Waals surface area contributed by atoms with E-state index in [1.807, 2.05) is 61.5 Å². The van der Waals surface area contributed by atoms with Crippen molar-refractivity contribution in [3.05, 3.63) is 92.4 Å². The van der Waals surface area contributed by atoms with E-state index in [1.165, 1.54) is 5.56 Å². The van der Waals surface area contributed by atoms with Crippen LogP contribution < -0.4 is 10.9 Å². The van der Waals surface area contributed by atoms with Gasteiger partial charge in [-0.05, 0) is 36.6 Å². The Kier molecular flexibility index (Phi) is 5.51. The molecule has 0 unspecified atom stereocenters. The molecular weight excluding hydrogens is 334 g/mol. The molecule has 0 aliphatic rings. The summed E-state index contributed by atoms with van der Waals surface area (Å²) >= 11 is 5.88. The molecule has 5 heteroatoms. The first-order chi connectivity index (χ1) is 12.1. The lowest BCUT2D eigenvalue weighted by Gasteiger charge is -2.09. The maximum atomic E-state index is 12.4. The second kappa shape index (κ2) is 7.99. The van der Waals surface area contributed by atoms with Crippen molar-refractivity contribution in [2.24, 2.45) is 0 Å². The summed E-state index contributed by atoms with van der Waals surface area (Å²) < 4.78 is 0. The van der Waals surface area contributed by atoms with E-state index in [-0.39, 0.29) is 5.56 Å².